The van der Waals surface area contributed by atoms with Crippen molar-refractivity contribution in [1.29, 1.82) is 0 Å². The average molecular weight is 579 g/mol. The van der Waals surface area contributed by atoms with Crippen molar-refractivity contribution in [1.82, 2.24) is 10.6 Å². The molecule has 42 heavy (non-hydrogen) atoms. The molecule has 0 aliphatic heterocycles. The maximum absolute atomic E-state index is 13.1. The number of hydrogen-bond donors (Lipinski definition) is 3. The van der Waals surface area contributed by atoms with Gasteiger partial charge in [-0.15, -0.1) is 13.2 Å². The molecule has 0 saturated carbocycles. The Labute approximate surface area is 250 Å². The molecule has 228 valence electrons. The lowest BCUT2D eigenvalue weighted by molar-refractivity contribution is -0.145. The molecule has 2 aromatic rings. The second kappa shape index (κ2) is 19.3. The minimum absolute atomic E-state index is 0.0158. The van der Waals surface area contributed by atoms with Crippen molar-refractivity contribution in [2.45, 2.75) is 71.1 Å². The summed E-state index contributed by atoms with van der Waals surface area (Å²) in [5.41, 5.74) is 2.01. The highest BCUT2D eigenvalue weighted by molar-refractivity contribution is 5.86. The normalized spacial score (nSPS) is 13.0. The van der Waals surface area contributed by atoms with Crippen LogP contribution in [-0.2, 0) is 32.1 Å². The number of nitrogens with one attached hydrogen (secondary N) is 2. The number of ether oxygens (including phenoxy) is 2. The molecule has 0 heterocycles. The lowest BCUT2D eigenvalue weighted by Crippen LogP contribution is -2.46. The molecule has 0 saturated heterocycles. The number of benzene rings is 2. The predicted molar refractivity (Wildman–Crippen MR) is 165 cm³/mol. The van der Waals surface area contributed by atoms with E-state index in [4.69, 9.17) is 9.47 Å². The smallest absolute Gasteiger partial charge is 0.305 e. The van der Waals surface area contributed by atoms with Crippen molar-refractivity contribution >= 4 is 17.8 Å². The molecule has 8 heteroatoms. The van der Waals surface area contributed by atoms with Gasteiger partial charge in [0.15, 0.2) is 0 Å². The second-order valence-corrected chi connectivity index (χ2v) is 10.7. The maximum Gasteiger partial charge on any atom is 0.305 e. The Morgan fingerprint density at radius 1 is 0.952 bits per heavy atom. The molecule has 3 unspecified atom stereocenters. The van der Waals surface area contributed by atoms with Crippen molar-refractivity contribution < 1.29 is 29.0 Å². The zero-order chi connectivity index (χ0) is 30.7. The highest BCUT2D eigenvalue weighted by Crippen LogP contribution is 2.17. The van der Waals surface area contributed by atoms with E-state index in [1.165, 1.54) is 0 Å². The SMILES string of the molecule is C=CCCCC(=O)OCC(NC(=O)C(CC=C)CC(=O)NC(CO)Cc1ccc(OCc2ccccc2)cc1)C(C)C. The van der Waals surface area contributed by atoms with E-state index < -0.39 is 12.0 Å². The summed E-state index contributed by atoms with van der Waals surface area (Å²) in [6.45, 7) is 11.5. The van der Waals surface area contributed by atoms with Crippen LogP contribution in [0.4, 0.5) is 0 Å². The Morgan fingerprint density at radius 3 is 2.29 bits per heavy atom. The van der Waals surface area contributed by atoms with Gasteiger partial charge in [0, 0.05) is 12.8 Å². The standard InChI is InChI=1S/C34H46N2O6/c1-5-7-9-15-33(39)42-24-31(25(3)4)36-34(40)28(12-6-2)21-32(38)35-29(22-37)20-26-16-18-30(19-17-26)41-23-27-13-10-8-11-14-27/h5-6,8,10-11,13-14,16-19,25,28-29,31,37H,1-2,7,9,12,15,20-24H2,3-4H3,(H,35,38)(H,36,40). The Kier molecular flexibility index (Phi) is 15.7. The van der Waals surface area contributed by atoms with Crippen LogP contribution >= 0.6 is 0 Å². The Morgan fingerprint density at radius 2 is 1.67 bits per heavy atom. The van der Waals surface area contributed by atoms with E-state index in [-0.39, 0.29) is 49.4 Å². The molecule has 0 aromatic heterocycles. The molecule has 0 spiro atoms. The van der Waals surface area contributed by atoms with Crippen LogP contribution in [-0.4, -0.2) is 48.2 Å². The number of carbonyl (C=O) groups excluding carboxylic acids is 3. The van der Waals surface area contributed by atoms with Gasteiger partial charge in [0.25, 0.3) is 0 Å². The summed E-state index contributed by atoms with van der Waals surface area (Å²) in [7, 11) is 0. The summed E-state index contributed by atoms with van der Waals surface area (Å²) >= 11 is 0. The number of hydrogen-bond acceptors (Lipinski definition) is 6. The number of unbranched alkanes of at least 4 members (excludes halogenated alkanes) is 1. The van der Waals surface area contributed by atoms with Gasteiger partial charge in [-0.05, 0) is 54.9 Å². The summed E-state index contributed by atoms with van der Waals surface area (Å²) in [5.74, 6) is -0.864. The molecule has 2 aromatic carbocycles. The predicted octanol–water partition coefficient (Wildman–Crippen LogP) is 4.91. The molecule has 8 nitrogen and oxygen atoms in total. The first-order chi connectivity index (χ1) is 20.2. The highest BCUT2D eigenvalue weighted by atomic mass is 16.5. The minimum Gasteiger partial charge on any atom is -0.489 e. The third-order valence-electron chi connectivity index (χ3n) is 6.84. The minimum atomic E-state index is -0.646. The first-order valence-corrected chi connectivity index (χ1v) is 14.6. The molecule has 3 atom stereocenters. The summed E-state index contributed by atoms with van der Waals surface area (Å²) < 4.78 is 11.2. The van der Waals surface area contributed by atoms with Crippen molar-refractivity contribution in [2.24, 2.45) is 11.8 Å². The van der Waals surface area contributed by atoms with E-state index in [0.717, 1.165) is 23.3 Å². The average Bonchev–Trinajstić information content (AvgIpc) is 2.98. The van der Waals surface area contributed by atoms with Gasteiger partial charge in [0.1, 0.15) is 19.0 Å². The van der Waals surface area contributed by atoms with E-state index in [2.05, 4.69) is 23.8 Å². The van der Waals surface area contributed by atoms with Crippen LogP contribution in [0.3, 0.4) is 0 Å². The van der Waals surface area contributed by atoms with Crippen LogP contribution in [0.25, 0.3) is 0 Å². The molecule has 0 aliphatic rings. The fraction of sp³-hybridized carbons (Fsp3) is 0.441. The maximum atomic E-state index is 13.1. The van der Waals surface area contributed by atoms with Gasteiger partial charge in [0.2, 0.25) is 11.8 Å². The summed E-state index contributed by atoms with van der Waals surface area (Å²) in [6.07, 6.45) is 5.72. The van der Waals surface area contributed by atoms with Gasteiger partial charge < -0.3 is 25.2 Å². The topological polar surface area (TPSA) is 114 Å². The lowest BCUT2D eigenvalue weighted by Gasteiger charge is -2.25. The first-order valence-electron chi connectivity index (χ1n) is 14.6. The van der Waals surface area contributed by atoms with Gasteiger partial charge in [-0.2, -0.15) is 0 Å². The van der Waals surface area contributed by atoms with E-state index in [1.807, 2.05) is 68.4 Å². The number of esters is 1. The van der Waals surface area contributed by atoms with Gasteiger partial charge in [0.05, 0.1) is 24.6 Å². The molecule has 2 amide bonds. The number of aliphatic hydroxyl groups excluding tert-OH is 1. The summed E-state index contributed by atoms with van der Waals surface area (Å²) in [4.78, 5) is 38.0. The number of allylic oxidation sites excluding steroid dienone is 2. The zero-order valence-corrected chi connectivity index (χ0v) is 24.9. The monoisotopic (exact) mass is 578 g/mol. The summed E-state index contributed by atoms with van der Waals surface area (Å²) in [5, 5.41) is 15.7. The van der Waals surface area contributed by atoms with Crippen molar-refractivity contribution in [3.63, 3.8) is 0 Å². The van der Waals surface area contributed by atoms with Crippen molar-refractivity contribution in [2.75, 3.05) is 13.2 Å². The Hall–Kier alpha value is -3.91. The molecule has 0 fully saturated rings. The molecular formula is C34H46N2O6. The highest BCUT2D eigenvalue weighted by Gasteiger charge is 2.26. The number of aliphatic hydroxyl groups is 1. The van der Waals surface area contributed by atoms with Crippen LogP contribution in [0.5, 0.6) is 5.75 Å². The van der Waals surface area contributed by atoms with E-state index in [9.17, 15) is 19.5 Å². The van der Waals surface area contributed by atoms with E-state index >= 15 is 0 Å². The van der Waals surface area contributed by atoms with E-state index in [1.54, 1.807) is 12.2 Å². The second-order valence-electron chi connectivity index (χ2n) is 10.7. The van der Waals surface area contributed by atoms with Gasteiger partial charge in [-0.3, -0.25) is 14.4 Å². The molecule has 2 rings (SSSR count). The summed E-state index contributed by atoms with van der Waals surface area (Å²) in [6, 6.07) is 16.5. The molecule has 0 radical (unpaired) electrons. The van der Waals surface area contributed by atoms with E-state index in [0.29, 0.717) is 32.3 Å². The fourth-order valence-corrected chi connectivity index (χ4v) is 4.25. The van der Waals surface area contributed by atoms with Crippen molar-refractivity contribution in [3.05, 3.63) is 91.0 Å². The van der Waals surface area contributed by atoms with Gasteiger partial charge >= 0.3 is 5.97 Å². The van der Waals surface area contributed by atoms with Gasteiger partial charge in [-0.25, -0.2) is 0 Å². The first kappa shape index (κ1) is 34.3. The van der Waals surface area contributed by atoms with Crippen LogP contribution in [0, 0.1) is 11.8 Å². The fourth-order valence-electron chi connectivity index (χ4n) is 4.25. The largest absolute Gasteiger partial charge is 0.489 e. The Bertz CT molecular complexity index is 1120. The number of carbonyl (C=O) groups is 3. The number of rotatable bonds is 20. The third-order valence-corrected chi connectivity index (χ3v) is 6.84. The van der Waals surface area contributed by atoms with Gasteiger partial charge in [-0.1, -0.05) is 68.5 Å². The quantitative estimate of drug-likeness (QED) is 0.117. The number of amides is 2. The van der Waals surface area contributed by atoms with Crippen LogP contribution in [0.2, 0.25) is 0 Å². The lowest BCUT2D eigenvalue weighted by atomic mass is 9.97. The zero-order valence-electron chi connectivity index (χ0n) is 24.9. The molecule has 0 bridgehead atoms. The molecule has 3 N–H and O–H groups in total. The molecule has 0 aliphatic carbocycles. The van der Waals surface area contributed by atoms with Crippen LogP contribution in [0.1, 0.15) is 57.1 Å². The van der Waals surface area contributed by atoms with Crippen molar-refractivity contribution in [3.8, 4) is 5.75 Å². The third kappa shape index (κ3) is 13.2. The van der Waals surface area contributed by atoms with Crippen LogP contribution < -0.4 is 15.4 Å². The Balaban J connectivity index is 1.87. The molecular weight excluding hydrogens is 532 g/mol. The van der Waals surface area contributed by atoms with Crippen LogP contribution in [0.15, 0.2) is 79.9 Å².